The van der Waals surface area contributed by atoms with Gasteiger partial charge in [-0.3, -0.25) is 9.78 Å². The molecule has 2 atom stereocenters. The number of aromatic amines is 1. The van der Waals surface area contributed by atoms with Crippen molar-refractivity contribution >= 4 is 23.3 Å². The van der Waals surface area contributed by atoms with Crippen LogP contribution in [0.4, 0.5) is 0 Å². The fourth-order valence-corrected chi connectivity index (χ4v) is 3.09. The van der Waals surface area contributed by atoms with E-state index >= 15 is 0 Å². The van der Waals surface area contributed by atoms with Crippen molar-refractivity contribution in [3.8, 4) is 0 Å². The molecule has 0 saturated carbocycles. The molecule has 0 unspecified atom stereocenters. The highest BCUT2D eigenvalue weighted by Crippen LogP contribution is 2.37. The lowest BCUT2D eigenvalue weighted by molar-refractivity contribution is -0.143. The van der Waals surface area contributed by atoms with Crippen molar-refractivity contribution in [2.75, 3.05) is 13.2 Å². The van der Waals surface area contributed by atoms with Gasteiger partial charge in [-0.15, -0.1) is 0 Å². The summed E-state index contributed by atoms with van der Waals surface area (Å²) in [5.41, 5.74) is 1.85. The summed E-state index contributed by atoms with van der Waals surface area (Å²) in [4.78, 5) is 21.4. The molecular weight excluding hydrogens is 312 g/mol. The minimum Gasteiger partial charge on any atom is -0.465 e. The molecule has 0 spiro atoms. The molecule has 3 rings (SSSR count). The van der Waals surface area contributed by atoms with Gasteiger partial charge in [0.1, 0.15) is 6.54 Å². The standard InChI is InChI=1S/C16H18N4O2S/c1-2-22-13(21)10-20-15(12-7-5-9-18-12)14(19-16(20)23)11-6-3-4-8-17-11/h3-9,14-15,18H,2,10H2,1H3,(H,19,23)/t14-,15-/m0/s1. The van der Waals surface area contributed by atoms with Gasteiger partial charge < -0.3 is 19.9 Å². The van der Waals surface area contributed by atoms with E-state index in [1.54, 1.807) is 13.1 Å². The highest BCUT2D eigenvalue weighted by atomic mass is 32.1. The van der Waals surface area contributed by atoms with Crippen molar-refractivity contribution in [3.63, 3.8) is 0 Å². The molecule has 7 heteroatoms. The van der Waals surface area contributed by atoms with Gasteiger partial charge in [-0.25, -0.2) is 0 Å². The summed E-state index contributed by atoms with van der Waals surface area (Å²) in [6.45, 7) is 2.24. The zero-order valence-corrected chi connectivity index (χ0v) is 13.5. The van der Waals surface area contributed by atoms with Gasteiger partial charge in [0.2, 0.25) is 0 Å². The molecule has 23 heavy (non-hydrogen) atoms. The van der Waals surface area contributed by atoms with Crippen LogP contribution in [0, 0.1) is 0 Å². The summed E-state index contributed by atoms with van der Waals surface area (Å²) in [7, 11) is 0. The molecule has 0 bridgehead atoms. The molecule has 0 radical (unpaired) electrons. The minimum absolute atomic E-state index is 0.104. The molecule has 2 N–H and O–H groups in total. The van der Waals surface area contributed by atoms with Gasteiger partial charge in [0.15, 0.2) is 5.11 Å². The van der Waals surface area contributed by atoms with Crippen molar-refractivity contribution in [1.82, 2.24) is 20.2 Å². The summed E-state index contributed by atoms with van der Waals surface area (Å²) >= 11 is 5.44. The molecule has 0 aliphatic carbocycles. The molecule has 0 amide bonds. The number of ether oxygens (including phenoxy) is 1. The zero-order chi connectivity index (χ0) is 16.2. The molecule has 3 heterocycles. The van der Waals surface area contributed by atoms with Crippen molar-refractivity contribution in [1.29, 1.82) is 0 Å². The van der Waals surface area contributed by atoms with Gasteiger partial charge in [-0.1, -0.05) is 6.07 Å². The molecule has 1 fully saturated rings. The van der Waals surface area contributed by atoms with Gasteiger partial charge in [0.05, 0.1) is 24.4 Å². The van der Waals surface area contributed by atoms with Crippen LogP contribution >= 0.6 is 12.2 Å². The van der Waals surface area contributed by atoms with E-state index in [1.165, 1.54) is 0 Å². The molecule has 2 aromatic heterocycles. The lowest BCUT2D eigenvalue weighted by Crippen LogP contribution is -2.35. The van der Waals surface area contributed by atoms with Crippen LogP contribution in [-0.2, 0) is 9.53 Å². The predicted molar refractivity (Wildman–Crippen MR) is 89.6 cm³/mol. The Morgan fingerprint density at radius 3 is 2.91 bits per heavy atom. The monoisotopic (exact) mass is 330 g/mol. The number of nitrogens with one attached hydrogen (secondary N) is 2. The van der Waals surface area contributed by atoms with E-state index in [9.17, 15) is 4.79 Å². The lowest BCUT2D eigenvalue weighted by Gasteiger charge is -2.25. The van der Waals surface area contributed by atoms with Crippen LogP contribution in [0.25, 0.3) is 0 Å². The van der Waals surface area contributed by atoms with Crippen molar-refractivity contribution < 1.29 is 9.53 Å². The maximum absolute atomic E-state index is 11.9. The number of nitrogens with zero attached hydrogens (tertiary/aromatic N) is 2. The Morgan fingerprint density at radius 1 is 1.39 bits per heavy atom. The van der Waals surface area contributed by atoms with Crippen molar-refractivity contribution in [2.45, 2.75) is 19.0 Å². The smallest absolute Gasteiger partial charge is 0.325 e. The minimum atomic E-state index is -0.296. The van der Waals surface area contributed by atoms with Crippen LogP contribution in [-0.4, -0.2) is 39.1 Å². The topological polar surface area (TPSA) is 70.2 Å². The van der Waals surface area contributed by atoms with E-state index in [1.807, 2.05) is 41.4 Å². The number of pyridine rings is 1. The summed E-state index contributed by atoms with van der Waals surface area (Å²) in [5.74, 6) is -0.296. The first-order valence-electron chi connectivity index (χ1n) is 7.47. The van der Waals surface area contributed by atoms with Crippen LogP contribution in [0.1, 0.15) is 30.4 Å². The molecule has 2 aromatic rings. The van der Waals surface area contributed by atoms with E-state index in [-0.39, 0.29) is 24.6 Å². The van der Waals surface area contributed by atoms with Gasteiger partial charge >= 0.3 is 5.97 Å². The predicted octanol–water partition coefficient (Wildman–Crippen LogP) is 1.95. The highest BCUT2D eigenvalue weighted by Gasteiger charge is 2.41. The number of carbonyl (C=O) groups excluding carboxylic acids is 1. The Bertz CT molecular complexity index is 675. The maximum Gasteiger partial charge on any atom is 0.325 e. The first-order chi connectivity index (χ1) is 11.2. The highest BCUT2D eigenvalue weighted by molar-refractivity contribution is 7.80. The molecule has 120 valence electrons. The van der Waals surface area contributed by atoms with Crippen LogP contribution in [0.2, 0.25) is 0 Å². The molecule has 1 aliphatic heterocycles. The number of H-pyrrole nitrogens is 1. The molecule has 6 nitrogen and oxygen atoms in total. The summed E-state index contributed by atoms with van der Waals surface area (Å²) in [6.07, 6.45) is 3.61. The van der Waals surface area contributed by atoms with Gasteiger partial charge in [-0.05, 0) is 43.4 Å². The average molecular weight is 330 g/mol. The first kappa shape index (κ1) is 15.5. The van der Waals surface area contributed by atoms with E-state index < -0.39 is 0 Å². The van der Waals surface area contributed by atoms with Crippen LogP contribution in [0.3, 0.4) is 0 Å². The Morgan fingerprint density at radius 2 is 2.26 bits per heavy atom. The maximum atomic E-state index is 11.9. The third-order valence-electron chi connectivity index (χ3n) is 3.74. The quantitative estimate of drug-likeness (QED) is 0.645. The van der Waals surface area contributed by atoms with E-state index in [4.69, 9.17) is 17.0 Å². The summed E-state index contributed by atoms with van der Waals surface area (Å²) < 4.78 is 5.06. The summed E-state index contributed by atoms with van der Waals surface area (Å²) in [5, 5.41) is 3.79. The number of carbonyl (C=O) groups is 1. The van der Waals surface area contributed by atoms with E-state index in [0.717, 1.165) is 11.4 Å². The third-order valence-corrected chi connectivity index (χ3v) is 4.10. The Hall–Kier alpha value is -2.41. The second-order valence-corrected chi connectivity index (χ2v) is 5.57. The summed E-state index contributed by atoms with van der Waals surface area (Å²) in [6, 6.07) is 9.39. The molecule has 1 saturated heterocycles. The molecule has 0 aromatic carbocycles. The fraction of sp³-hybridized carbons (Fsp3) is 0.312. The normalized spacial score (nSPS) is 20.4. The van der Waals surface area contributed by atoms with E-state index in [0.29, 0.717) is 11.7 Å². The fourth-order valence-electron chi connectivity index (χ4n) is 2.79. The second-order valence-electron chi connectivity index (χ2n) is 5.18. The Kier molecular flexibility index (Phi) is 4.57. The van der Waals surface area contributed by atoms with Gasteiger partial charge in [0.25, 0.3) is 0 Å². The number of rotatable bonds is 5. The number of hydrogen-bond acceptors (Lipinski definition) is 4. The average Bonchev–Trinajstić information content (AvgIpc) is 3.17. The van der Waals surface area contributed by atoms with Crippen molar-refractivity contribution in [2.24, 2.45) is 0 Å². The number of thiocarbonyl (C=S) groups is 1. The third kappa shape index (κ3) is 3.19. The first-order valence-corrected chi connectivity index (χ1v) is 7.88. The molecule has 1 aliphatic rings. The number of hydrogen-bond donors (Lipinski definition) is 2. The molecular formula is C16H18N4O2S. The van der Waals surface area contributed by atoms with Crippen LogP contribution in [0.15, 0.2) is 42.7 Å². The SMILES string of the molecule is CCOC(=O)CN1C(=S)N[C@@H](c2ccccn2)[C@@H]1c1ccc[nH]1. The largest absolute Gasteiger partial charge is 0.465 e. The lowest BCUT2D eigenvalue weighted by atomic mass is 10.0. The number of esters is 1. The Balaban J connectivity index is 1.92. The van der Waals surface area contributed by atoms with Gasteiger partial charge in [-0.2, -0.15) is 0 Å². The van der Waals surface area contributed by atoms with Crippen LogP contribution < -0.4 is 5.32 Å². The van der Waals surface area contributed by atoms with Crippen LogP contribution in [0.5, 0.6) is 0 Å². The van der Waals surface area contributed by atoms with Gasteiger partial charge in [0, 0.05) is 18.1 Å². The number of aromatic nitrogens is 2. The Labute approximate surface area is 139 Å². The second kappa shape index (κ2) is 6.78. The van der Waals surface area contributed by atoms with E-state index in [2.05, 4.69) is 15.3 Å². The van der Waals surface area contributed by atoms with Crippen molar-refractivity contribution in [3.05, 3.63) is 54.1 Å². The zero-order valence-electron chi connectivity index (χ0n) is 12.7.